The second kappa shape index (κ2) is 7.99. The summed E-state index contributed by atoms with van der Waals surface area (Å²) < 4.78 is 5.82. The Hall–Kier alpha value is -3.59. The van der Waals surface area contributed by atoms with Gasteiger partial charge < -0.3 is 15.4 Å². The predicted molar refractivity (Wildman–Crippen MR) is 102 cm³/mol. The Labute approximate surface area is 152 Å². The van der Waals surface area contributed by atoms with E-state index in [2.05, 4.69) is 26.7 Å². The van der Waals surface area contributed by atoms with Crippen LogP contribution in [0.15, 0.2) is 60.8 Å². The Morgan fingerprint density at radius 3 is 2.50 bits per heavy atom. The minimum absolute atomic E-state index is 0.0805. The molecule has 0 radical (unpaired) electrons. The Morgan fingerprint density at radius 1 is 1.00 bits per heavy atom. The summed E-state index contributed by atoms with van der Waals surface area (Å²) in [5, 5.41) is 15.2. The molecule has 0 aliphatic rings. The van der Waals surface area contributed by atoms with Crippen molar-refractivity contribution in [2.75, 3.05) is 10.6 Å². The van der Waals surface area contributed by atoms with Crippen molar-refractivity contribution in [1.29, 1.82) is 5.26 Å². The monoisotopic (exact) mass is 345 g/mol. The van der Waals surface area contributed by atoms with Gasteiger partial charge in [-0.1, -0.05) is 12.1 Å². The average molecular weight is 345 g/mol. The summed E-state index contributed by atoms with van der Waals surface area (Å²) in [7, 11) is 0. The summed E-state index contributed by atoms with van der Waals surface area (Å²) in [6, 6.07) is 18.7. The molecular formula is C20H19N5O. The van der Waals surface area contributed by atoms with Crippen LogP contribution in [0, 0.1) is 11.3 Å². The van der Waals surface area contributed by atoms with Gasteiger partial charge in [-0.15, -0.1) is 0 Å². The highest BCUT2D eigenvalue weighted by molar-refractivity contribution is 5.65. The number of nitrogens with one attached hydrogen (secondary N) is 2. The Balaban J connectivity index is 1.76. The normalized spacial score (nSPS) is 10.2. The molecule has 130 valence electrons. The highest BCUT2D eigenvalue weighted by Gasteiger charge is 2.07. The van der Waals surface area contributed by atoms with Crippen molar-refractivity contribution < 1.29 is 4.74 Å². The molecule has 0 saturated carbocycles. The maximum Gasteiger partial charge on any atom is 0.229 e. The smallest absolute Gasteiger partial charge is 0.229 e. The number of aromatic nitrogens is 2. The van der Waals surface area contributed by atoms with Gasteiger partial charge in [-0.3, -0.25) is 0 Å². The van der Waals surface area contributed by atoms with Crippen LogP contribution in [0.5, 0.6) is 5.75 Å². The Bertz CT molecular complexity index is 916. The summed E-state index contributed by atoms with van der Waals surface area (Å²) in [5.74, 6) is 1.88. The number of benzene rings is 2. The Kier molecular flexibility index (Phi) is 5.30. The zero-order valence-electron chi connectivity index (χ0n) is 14.6. The van der Waals surface area contributed by atoms with E-state index in [1.807, 2.05) is 50.2 Å². The van der Waals surface area contributed by atoms with Crippen molar-refractivity contribution in [3.8, 4) is 11.8 Å². The van der Waals surface area contributed by atoms with Gasteiger partial charge in [0.15, 0.2) is 0 Å². The minimum atomic E-state index is 0.0805. The van der Waals surface area contributed by atoms with Crippen LogP contribution >= 0.6 is 0 Å². The van der Waals surface area contributed by atoms with Crippen molar-refractivity contribution in [2.24, 2.45) is 0 Å². The number of ether oxygens (including phenoxy) is 1. The van der Waals surface area contributed by atoms with Crippen LogP contribution in [0.1, 0.15) is 19.4 Å². The molecular weight excluding hydrogens is 326 g/mol. The topological polar surface area (TPSA) is 82.9 Å². The number of rotatable bonds is 6. The summed E-state index contributed by atoms with van der Waals surface area (Å²) >= 11 is 0. The largest absolute Gasteiger partial charge is 0.489 e. The van der Waals surface area contributed by atoms with Crippen LogP contribution < -0.4 is 15.4 Å². The second-order valence-electron chi connectivity index (χ2n) is 5.87. The number of anilines is 4. The molecule has 3 aromatic rings. The molecule has 0 spiro atoms. The van der Waals surface area contributed by atoms with E-state index >= 15 is 0 Å². The number of hydrogen-bond donors (Lipinski definition) is 2. The number of hydrogen-bond acceptors (Lipinski definition) is 6. The molecule has 0 amide bonds. The van der Waals surface area contributed by atoms with Gasteiger partial charge in [-0.2, -0.15) is 10.2 Å². The molecule has 0 fully saturated rings. The van der Waals surface area contributed by atoms with Crippen molar-refractivity contribution >= 4 is 23.1 Å². The first-order valence-electron chi connectivity index (χ1n) is 8.27. The van der Waals surface area contributed by atoms with E-state index in [1.54, 1.807) is 24.4 Å². The highest BCUT2D eigenvalue weighted by Crippen LogP contribution is 2.28. The molecule has 1 heterocycles. The molecule has 0 aliphatic heterocycles. The van der Waals surface area contributed by atoms with Gasteiger partial charge in [-0.05, 0) is 56.3 Å². The van der Waals surface area contributed by atoms with E-state index in [1.165, 1.54) is 0 Å². The maximum atomic E-state index is 8.86. The fraction of sp³-hybridized carbons (Fsp3) is 0.150. The molecule has 6 heteroatoms. The fourth-order valence-corrected chi connectivity index (χ4v) is 2.31. The van der Waals surface area contributed by atoms with E-state index in [0.717, 1.165) is 17.1 Å². The summed E-state index contributed by atoms with van der Waals surface area (Å²) in [5.41, 5.74) is 2.25. The average Bonchev–Trinajstić information content (AvgIpc) is 2.64. The van der Waals surface area contributed by atoms with Crippen LogP contribution in [-0.4, -0.2) is 16.1 Å². The summed E-state index contributed by atoms with van der Waals surface area (Å²) in [4.78, 5) is 8.70. The number of nitrogens with zero attached hydrogens (tertiary/aromatic N) is 3. The number of nitriles is 1. The third-order valence-corrected chi connectivity index (χ3v) is 3.44. The molecule has 0 bridgehead atoms. The van der Waals surface area contributed by atoms with Gasteiger partial charge in [0.05, 0.1) is 23.4 Å². The van der Waals surface area contributed by atoms with Gasteiger partial charge in [0, 0.05) is 11.9 Å². The molecule has 2 N–H and O–H groups in total. The third kappa shape index (κ3) is 4.48. The van der Waals surface area contributed by atoms with Crippen molar-refractivity contribution in [3.63, 3.8) is 0 Å². The maximum absolute atomic E-state index is 8.86. The first-order valence-corrected chi connectivity index (χ1v) is 8.27. The Morgan fingerprint density at radius 2 is 1.77 bits per heavy atom. The molecule has 0 saturated heterocycles. The molecule has 6 nitrogen and oxygen atoms in total. The lowest BCUT2D eigenvalue weighted by atomic mass is 10.2. The van der Waals surface area contributed by atoms with E-state index in [4.69, 9.17) is 10.00 Å². The molecule has 26 heavy (non-hydrogen) atoms. The lowest BCUT2D eigenvalue weighted by molar-refractivity contribution is 0.244. The van der Waals surface area contributed by atoms with Gasteiger partial charge in [0.1, 0.15) is 11.6 Å². The lowest BCUT2D eigenvalue weighted by Crippen LogP contribution is -2.07. The van der Waals surface area contributed by atoms with Crippen LogP contribution in [0.25, 0.3) is 0 Å². The van der Waals surface area contributed by atoms with E-state index in [0.29, 0.717) is 17.3 Å². The molecule has 1 aromatic heterocycles. The number of para-hydroxylation sites is 2. The molecule has 0 unspecified atom stereocenters. The van der Waals surface area contributed by atoms with Crippen molar-refractivity contribution in [2.45, 2.75) is 20.0 Å². The molecule has 0 atom stereocenters. The minimum Gasteiger partial charge on any atom is -0.489 e. The van der Waals surface area contributed by atoms with Gasteiger partial charge in [0.2, 0.25) is 5.95 Å². The molecule has 3 rings (SSSR count). The quantitative estimate of drug-likeness (QED) is 0.678. The van der Waals surface area contributed by atoms with Gasteiger partial charge >= 0.3 is 0 Å². The lowest BCUT2D eigenvalue weighted by Gasteiger charge is -2.15. The first kappa shape index (κ1) is 17.2. The summed E-state index contributed by atoms with van der Waals surface area (Å²) in [6.07, 6.45) is 1.75. The predicted octanol–water partition coefficient (Wildman–Crippen LogP) is 4.62. The molecule has 0 aliphatic carbocycles. The van der Waals surface area contributed by atoms with E-state index < -0.39 is 0 Å². The second-order valence-corrected chi connectivity index (χ2v) is 5.87. The van der Waals surface area contributed by atoms with Crippen molar-refractivity contribution in [1.82, 2.24) is 9.97 Å². The van der Waals surface area contributed by atoms with Gasteiger partial charge in [-0.25, -0.2) is 4.98 Å². The fourth-order valence-electron chi connectivity index (χ4n) is 2.31. The third-order valence-electron chi connectivity index (χ3n) is 3.44. The van der Waals surface area contributed by atoms with Gasteiger partial charge in [0.25, 0.3) is 0 Å². The summed E-state index contributed by atoms with van der Waals surface area (Å²) in [6.45, 7) is 3.97. The zero-order valence-corrected chi connectivity index (χ0v) is 14.6. The zero-order chi connectivity index (χ0) is 18.4. The van der Waals surface area contributed by atoms with Crippen LogP contribution in [0.2, 0.25) is 0 Å². The van der Waals surface area contributed by atoms with Crippen molar-refractivity contribution in [3.05, 3.63) is 66.4 Å². The first-order chi connectivity index (χ1) is 12.6. The van der Waals surface area contributed by atoms with E-state index in [9.17, 15) is 0 Å². The van der Waals surface area contributed by atoms with Crippen LogP contribution in [0.3, 0.4) is 0 Å². The standard InChI is InChI=1S/C20H19N5O/c1-14(2)26-18-6-4-3-5-17(18)24-19-11-12-22-20(25-19)23-16-9-7-15(13-21)8-10-16/h3-12,14H,1-2H3,(H2,22,23,24,25). The SMILES string of the molecule is CC(C)Oc1ccccc1Nc1ccnc(Nc2ccc(C#N)cc2)n1. The van der Waals surface area contributed by atoms with Crippen LogP contribution in [0.4, 0.5) is 23.1 Å². The van der Waals surface area contributed by atoms with Crippen LogP contribution in [-0.2, 0) is 0 Å². The molecule has 2 aromatic carbocycles. The van der Waals surface area contributed by atoms with E-state index in [-0.39, 0.29) is 6.10 Å². The highest BCUT2D eigenvalue weighted by atomic mass is 16.5.